The highest BCUT2D eigenvalue weighted by atomic mass is 19.1. The molecule has 2 heterocycles. The Morgan fingerprint density at radius 2 is 1.82 bits per heavy atom. The molecule has 3 rings (SSSR count). The molecule has 1 nitrogen and oxygen atoms in total. The van der Waals surface area contributed by atoms with Crippen LogP contribution in [0.4, 0.5) is 8.78 Å². The fourth-order valence-electron chi connectivity index (χ4n) is 3.35. The van der Waals surface area contributed by atoms with Gasteiger partial charge in [0.1, 0.15) is 11.6 Å². The predicted octanol–water partition coefficient (Wildman–Crippen LogP) is 3.04. The number of benzene rings is 1. The number of fused-ring (bicyclic) bond motifs is 2. The SMILES string of the molecule is Fc1ccc(F)c(CC2CC3CCC(C2)N3)c1. The zero-order valence-corrected chi connectivity index (χ0v) is 9.76. The summed E-state index contributed by atoms with van der Waals surface area (Å²) in [5.74, 6) is -0.0966. The van der Waals surface area contributed by atoms with E-state index in [1.807, 2.05) is 0 Å². The van der Waals surface area contributed by atoms with E-state index in [4.69, 9.17) is 0 Å². The van der Waals surface area contributed by atoms with Crippen molar-refractivity contribution < 1.29 is 8.78 Å². The Balaban J connectivity index is 1.72. The lowest BCUT2D eigenvalue weighted by molar-refractivity contribution is 0.296. The highest BCUT2D eigenvalue weighted by Crippen LogP contribution is 2.33. The molecule has 2 aliphatic rings. The lowest BCUT2D eigenvalue weighted by atomic mass is 9.87. The molecule has 2 aliphatic heterocycles. The molecule has 2 saturated heterocycles. The fraction of sp³-hybridized carbons (Fsp3) is 0.571. The minimum Gasteiger partial charge on any atom is -0.311 e. The maximum absolute atomic E-state index is 13.6. The maximum Gasteiger partial charge on any atom is 0.126 e. The molecule has 2 bridgehead atoms. The van der Waals surface area contributed by atoms with Crippen molar-refractivity contribution in [1.29, 1.82) is 0 Å². The van der Waals surface area contributed by atoms with Gasteiger partial charge in [-0.25, -0.2) is 8.78 Å². The van der Waals surface area contributed by atoms with Crippen molar-refractivity contribution in [3.63, 3.8) is 0 Å². The molecule has 1 aromatic rings. The van der Waals surface area contributed by atoms with Crippen molar-refractivity contribution in [3.05, 3.63) is 35.4 Å². The predicted molar refractivity (Wildman–Crippen MR) is 62.7 cm³/mol. The van der Waals surface area contributed by atoms with Crippen LogP contribution >= 0.6 is 0 Å². The summed E-state index contributed by atoms with van der Waals surface area (Å²) in [6.07, 6.45) is 5.37. The smallest absolute Gasteiger partial charge is 0.126 e. The number of piperidine rings is 1. The molecule has 0 aliphatic carbocycles. The molecule has 0 aromatic heterocycles. The quantitative estimate of drug-likeness (QED) is 0.833. The first-order chi connectivity index (χ1) is 8.20. The molecule has 2 fully saturated rings. The Labute approximate surface area is 100 Å². The molecule has 2 unspecified atom stereocenters. The number of hydrogen-bond acceptors (Lipinski definition) is 1. The zero-order valence-electron chi connectivity index (χ0n) is 9.76. The van der Waals surface area contributed by atoms with Crippen LogP contribution in [0.2, 0.25) is 0 Å². The lowest BCUT2D eigenvalue weighted by Crippen LogP contribution is -2.38. The summed E-state index contributed by atoms with van der Waals surface area (Å²) in [6.45, 7) is 0. The van der Waals surface area contributed by atoms with Crippen molar-refractivity contribution >= 4 is 0 Å². The first-order valence-electron chi connectivity index (χ1n) is 6.40. The molecule has 92 valence electrons. The van der Waals surface area contributed by atoms with E-state index >= 15 is 0 Å². The minimum absolute atomic E-state index is 0.266. The van der Waals surface area contributed by atoms with E-state index in [0.29, 0.717) is 30.0 Å². The van der Waals surface area contributed by atoms with Gasteiger partial charge in [0, 0.05) is 12.1 Å². The van der Waals surface area contributed by atoms with Crippen LogP contribution in [-0.4, -0.2) is 12.1 Å². The average molecular weight is 237 g/mol. The second kappa shape index (κ2) is 4.37. The highest BCUT2D eigenvalue weighted by molar-refractivity contribution is 5.19. The van der Waals surface area contributed by atoms with Crippen LogP contribution in [0, 0.1) is 17.6 Å². The Kier molecular flexibility index (Phi) is 2.87. The van der Waals surface area contributed by atoms with Crippen LogP contribution in [0.1, 0.15) is 31.2 Å². The van der Waals surface area contributed by atoms with Gasteiger partial charge in [-0.1, -0.05) is 0 Å². The van der Waals surface area contributed by atoms with Gasteiger partial charge >= 0.3 is 0 Å². The molecule has 0 saturated carbocycles. The van der Waals surface area contributed by atoms with Crippen molar-refractivity contribution in [1.82, 2.24) is 5.32 Å². The van der Waals surface area contributed by atoms with E-state index in [0.717, 1.165) is 12.8 Å². The number of halogens is 2. The summed E-state index contributed by atoms with van der Waals surface area (Å²) in [7, 11) is 0. The van der Waals surface area contributed by atoms with Gasteiger partial charge in [-0.2, -0.15) is 0 Å². The van der Waals surface area contributed by atoms with Crippen LogP contribution in [0.15, 0.2) is 18.2 Å². The number of hydrogen-bond donors (Lipinski definition) is 1. The van der Waals surface area contributed by atoms with E-state index in [1.165, 1.54) is 31.0 Å². The minimum atomic E-state index is -0.335. The molecule has 0 spiro atoms. The molecule has 0 radical (unpaired) electrons. The largest absolute Gasteiger partial charge is 0.311 e. The first-order valence-corrected chi connectivity index (χ1v) is 6.40. The second-order valence-corrected chi connectivity index (χ2v) is 5.42. The van der Waals surface area contributed by atoms with Gasteiger partial charge in [0.15, 0.2) is 0 Å². The van der Waals surface area contributed by atoms with Gasteiger partial charge in [0.2, 0.25) is 0 Å². The van der Waals surface area contributed by atoms with Crippen LogP contribution in [-0.2, 0) is 6.42 Å². The average Bonchev–Trinajstić information content (AvgIpc) is 2.63. The van der Waals surface area contributed by atoms with Gasteiger partial charge in [-0.3, -0.25) is 0 Å². The van der Waals surface area contributed by atoms with E-state index in [9.17, 15) is 8.78 Å². The lowest BCUT2D eigenvalue weighted by Gasteiger charge is -2.29. The molecule has 2 atom stereocenters. The van der Waals surface area contributed by atoms with E-state index in [-0.39, 0.29) is 11.6 Å². The molecule has 0 amide bonds. The summed E-state index contributed by atoms with van der Waals surface area (Å²) in [4.78, 5) is 0. The summed E-state index contributed by atoms with van der Waals surface area (Å²) < 4.78 is 26.6. The van der Waals surface area contributed by atoms with Gasteiger partial charge in [0.05, 0.1) is 0 Å². The Morgan fingerprint density at radius 3 is 2.53 bits per heavy atom. The summed E-state index contributed by atoms with van der Waals surface area (Å²) in [6, 6.07) is 4.98. The normalized spacial score (nSPS) is 31.8. The van der Waals surface area contributed by atoms with Crippen molar-refractivity contribution in [2.75, 3.05) is 0 Å². The summed E-state index contributed by atoms with van der Waals surface area (Å²) in [5, 5.41) is 3.56. The fourth-order valence-corrected chi connectivity index (χ4v) is 3.35. The van der Waals surface area contributed by atoms with E-state index in [1.54, 1.807) is 0 Å². The molecular formula is C14H17F2N. The molecular weight excluding hydrogens is 220 g/mol. The number of nitrogens with one attached hydrogen (secondary N) is 1. The number of rotatable bonds is 2. The van der Waals surface area contributed by atoms with Crippen LogP contribution < -0.4 is 5.32 Å². The third kappa shape index (κ3) is 2.34. The molecule has 3 heteroatoms. The van der Waals surface area contributed by atoms with Gasteiger partial charge in [-0.15, -0.1) is 0 Å². The Morgan fingerprint density at radius 1 is 1.12 bits per heavy atom. The summed E-state index contributed by atoms with van der Waals surface area (Å²) >= 11 is 0. The third-order valence-corrected chi connectivity index (χ3v) is 4.09. The zero-order chi connectivity index (χ0) is 11.8. The highest BCUT2D eigenvalue weighted by Gasteiger charge is 2.33. The van der Waals surface area contributed by atoms with Gasteiger partial charge in [-0.05, 0) is 61.8 Å². The van der Waals surface area contributed by atoms with Crippen LogP contribution in [0.3, 0.4) is 0 Å². The van der Waals surface area contributed by atoms with Crippen molar-refractivity contribution in [3.8, 4) is 0 Å². The van der Waals surface area contributed by atoms with Crippen molar-refractivity contribution in [2.24, 2.45) is 5.92 Å². The second-order valence-electron chi connectivity index (χ2n) is 5.42. The maximum atomic E-state index is 13.6. The molecule has 17 heavy (non-hydrogen) atoms. The molecule has 1 aromatic carbocycles. The first kappa shape index (κ1) is 11.1. The third-order valence-electron chi connectivity index (χ3n) is 4.09. The van der Waals surface area contributed by atoms with Crippen molar-refractivity contribution in [2.45, 2.75) is 44.2 Å². The Hall–Kier alpha value is -0.960. The van der Waals surface area contributed by atoms with E-state index in [2.05, 4.69) is 5.32 Å². The standard InChI is InChI=1S/C14H17F2N/c15-11-1-4-14(16)10(8-11)5-9-6-12-2-3-13(7-9)17-12/h1,4,8-9,12-13,17H,2-3,5-7H2. The van der Waals surface area contributed by atoms with Crippen LogP contribution in [0.5, 0.6) is 0 Å². The monoisotopic (exact) mass is 237 g/mol. The summed E-state index contributed by atoms with van der Waals surface area (Å²) in [5.41, 5.74) is 0.538. The Bertz CT molecular complexity index is 407. The van der Waals surface area contributed by atoms with Gasteiger partial charge < -0.3 is 5.32 Å². The molecule has 1 N–H and O–H groups in total. The van der Waals surface area contributed by atoms with E-state index < -0.39 is 0 Å². The van der Waals surface area contributed by atoms with Crippen LogP contribution in [0.25, 0.3) is 0 Å². The topological polar surface area (TPSA) is 12.0 Å². The van der Waals surface area contributed by atoms with Gasteiger partial charge in [0.25, 0.3) is 0 Å².